The molecule has 3 aromatic rings. The van der Waals surface area contributed by atoms with Gasteiger partial charge in [-0.2, -0.15) is 0 Å². The third kappa shape index (κ3) is 6.57. The van der Waals surface area contributed by atoms with E-state index >= 15 is 0 Å². The second-order valence-corrected chi connectivity index (χ2v) is 7.72. The Morgan fingerprint density at radius 1 is 1.07 bits per heavy atom. The fourth-order valence-electron chi connectivity index (χ4n) is 3.49. The van der Waals surface area contributed by atoms with Crippen LogP contribution in [-0.4, -0.2) is 25.2 Å². The van der Waals surface area contributed by atoms with E-state index in [-0.39, 0.29) is 18.2 Å². The molecule has 0 aliphatic carbocycles. The van der Waals surface area contributed by atoms with Gasteiger partial charge in [-0.05, 0) is 61.2 Å². The lowest BCUT2D eigenvalue weighted by atomic mass is 10.0. The molecule has 3 rings (SSSR count). The first-order valence-corrected chi connectivity index (χ1v) is 10.2. The van der Waals surface area contributed by atoms with Gasteiger partial charge in [-0.1, -0.05) is 26.0 Å². The van der Waals surface area contributed by atoms with Crippen LogP contribution in [0.2, 0.25) is 0 Å². The molecule has 1 aromatic heterocycles. The van der Waals surface area contributed by atoms with E-state index < -0.39 is 0 Å². The highest BCUT2D eigenvalue weighted by atomic mass is 35.5. The van der Waals surface area contributed by atoms with E-state index in [0.29, 0.717) is 18.2 Å². The molecule has 0 aliphatic rings. The molecule has 0 amide bonds. The van der Waals surface area contributed by atoms with Crippen molar-refractivity contribution in [1.82, 2.24) is 10.3 Å². The van der Waals surface area contributed by atoms with Crippen LogP contribution in [0.1, 0.15) is 31.4 Å². The Balaban J connectivity index is 0.00000320. The van der Waals surface area contributed by atoms with E-state index in [1.54, 1.807) is 13.2 Å². The molecule has 0 fully saturated rings. The maximum atomic E-state index is 13.4. The SMILES string of the molecule is COc1ccc(F)cc1CNCCCNc1ccnc2cc(CC(C)C)ccc12.Cl. The Morgan fingerprint density at radius 2 is 1.90 bits per heavy atom. The summed E-state index contributed by atoms with van der Waals surface area (Å²) in [5.74, 6) is 1.09. The Morgan fingerprint density at radius 3 is 2.67 bits per heavy atom. The Labute approximate surface area is 184 Å². The van der Waals surface area contributed by atoms with Crippen LogP contribution in [0.5, 0.6) is 5.75 Å². The summed E-state index contributed by atoms with van der Waals surface area (Å²) in [5, 5.41) is 8.02. The van der Waals surface area contributed by atoms with Gasteiger partial charge in [0.2, 0.25) is 0 Å². The van der Waals surface area contributed by atoms with E-state index in [0.717, 1.165) is 48.1 Å². The van der Waals surface area contributed by atoms with Crippen molar-refractivity contribution in [3.05, 3.63) is 65.6 Å². The van der Waals surface area contributed by atoms with Crippen molar-refractivity contribution in [2.24, 2.45) is 5.92 Å². The summed E-state index contributed by atoms with van der Waals surface area (Å²) in [7, 11) is 1.60. The molecule has 4 nitrogen and oxygen atoms in total. The number of nitrogens with one attached hydrogen (secondary N) is 2. The molecule has 0 saturated heterocycles. The van der Waals surface area contributed by atoms with Crippen molar-refractivity contribution in [1.29, 1.82) is 0 Å². The molecule has 162 valence electrons. The largest absolute Gasteiger partial charge is 0.496 e. The van der Waals surface area contributed by atoms with Gasteiger partial charge < -0.3 is 15.4 Å². The lowest BCUT2D eigenvalue weighted by Crippen LogP contribution is -2.18. The molecule has 0 radical (unpaired) electrons. The van der Waals surface area contributed by atoms with Gasteiger partial charge in [-0.3, -0.25) is 4.98 Å². The predicted octanol–water partition coefficient (Wildman–Crippen LogP) is 5.59. The normalized spacial score (nSPS) is 10.8. The van der Waals surface area contributed by atoms with Crippen molar-refractivity contribution >= 4 is 29.0 Å². The highest BCUT2D eigenvalue weighted by molar-refractivity contribution is 5.91. The second kappa shape index (κ2) is 11.7. The number of nitrogens with zero attached hydrogens (tertiary/aromatic N) is 1. The van der Waals surface area contributed by atoms with Crippen LogP contribution in [-0.2, 0) is 13.0 Å². The Bertz CT molecular complexity index is 949. The minimum Gasteiger partial charge on any atom is -0.496 e. The zero-order chi connectivity index (χ0) is 20.6. The topological polar surface area (TPSA) is 46.2 Å². The smallest absolute Gasteiger partial charge is 0.123 e. The first-order chi connectivity index (χ1) is 14.1. The average molecular weight is 432 g/mol. The van der Waals surface area contributed by atoms with E-state index in [1.807, 2.05) is 12.3 Å². The molecular weight excluding hydrogens is 401 g/mol. The summed E-state index contributed by atoms with van der Waals surface area (Å²) < 4.78 is 18.7. The van der Waals surface area contributed by atoms with Gasteiger partial charge >= 0.3 is 0 Å². The number of benzene rings is 2. The monoisotopic (exact) mass is 431 g/mol. The maximum Gasteiger partial charge on any atom is 0.123 e. The van der Waals surface area contributed by atoms with Crippen molar-refractivity contribution in [2.75, 3.05) is 25.5 Å². The Kier molecular flexibility index (Phi) is 9.34. The van der Waals surface area contributed by atoms with Crippen LogP contribution in [0.15, 0.2) is 48.7 Å². The number of anilines is 1. The molecule has 0 aliphatic heterocycles. The zero-order valence-electron chi connectivity index (χ0n) is 17.9. The van der Waals surface area contributed by atoms with Crippen molar-refractivity contribution < 1.29 is 9.13 Å². The highest BCUT2D eigenvalue weighted by Gasteiger charge is 2.06. The van der Waals surface area contributed by atoms with Crippen molar-refractivity contribution in [3.63, 3.8) is 0 Å². The number of ether oxygens (including phenoxy) is 1. The third-order valence-electron chi connectivity index (χ3n) is 4.85. The summed E-state index contributed by atoms with van der Waals surface area (Å²) in [5.41, 5.74) is 4.30. The van der Waals surface area contributed by atoms with Crippen LogP contribution >= 0.6 is 12.4 Å². The van der Waals surface area contributed by atoms with Crippen LogP contribution in [0.3, 0.4) is 0 Å². The van der Waals surface area contributed by atoms with Gasteiger partial charge in [0, 0.05) is 35.9 Å². The number of fused-ring (bicyclic) bond motifs is 1. The number of hydrogen-bond acceptors (Lipinski definition) is 4. The lowest BCUT2D eigenvalue weighted by Gasteiger charge is -2.12. The number of rotatable bonds is 10. The minimum absolute atomic E-state index is 0. The van der Waals surface area contributed by atoms with Crippen molar-refractivity contribution in [2.45, 2.75) is 33.2 Å². The number of methoxy groups -OCH3 is 1. The molecule has 0 saturated carbocycles. The number of aromatic nitrogens is 1. The molecule has 1 heterocycles. The zero-order valence-corrected chi connectivity index (χ0v) is 18.7. The molecule has 0 atom stereocenters. The lowest BCUT2D eigenvalue weighted by molar-refractivity contribution is 0.406. The fourth-order valence-corrected chi connectivity index (χ4v) is 3.49. The molecule has 2 aromatic carbocycles. The molecular formula is C24H31ClFN3O. The molecule has 2 N–H and O–H groups in total. The molecule has 30 heavy (non-hydrogen) atoms. The minimum atomic E-state index is -0.245. The molecule has 0 unspecified atom stereocenters. The predicted molar refractivity (Wildman–Crippen MR) is 125 cm³/mol. The number of halogens is 2. The summed E-state index contributed by atoms with van der Waals surface area (Å²) in [6.07, 6.45) is 3.88. The first kappa shape index (κ1) is 23.9. The summed E-state index contributed by atoms with van der Waals surface area (Å²) in [4.78, 5) is 4.53. The van der Waals surface area contributed by atoms with Crippen LogP contribution in [0, 0.1) is 11.7 Å². The van der Waals surface area contributed by atoms with Gasteiger partial charge in [0.25, 0.3) is 0 Å². The average Bonchev–Trinajstić information content (AvgIpc) is 2.70. The Hall–Kier alpha value is -2.37. The summed E-state index contributed by atoms with van der Waals surface area (Å²) >= 11 is 0. The maximum absolute atomic E-state index is 13.4. The third-order valence-corrected chi connectivity index (χ3v) is 4.85. The van der Waals surface area contributed by atoms with E-state index in [9.17, 15) is 4.39 Å². The number of hydrogen-bond donors (Lipinski definition) is 2. The molecule has 0 spiro atoms. The fraction of sp³-hybridized carbons (Fsp3) is 0.375. The summed E-state index contributed by atoms with van der Waals surface area (Å²) in [6, 6.07) is 13.2. The number of pyridine rings is 1. The van der Waals surface area contributed by atoms with Gasteiger partial charge in [-0.15, -0.1) is 12.4 Å². The second-order valence-electron chi connectivity index (χ2n) is 7.72. The van der Waals surface area contributed by atoms with Gasteiger partial charge in [0.1, 0.15) is 11.6 Å². The van der Waals surface area contributed by atoms with E-state index in [4.69, 9.17) is 4.74 Å². The highest BCUT2D eigenvalue weighted by Crippen LogP contribution is 2.23. The van der Waals surface area contributed by atoms with Gasteiger partial charge in [0.15, 0.2) is 0 Å². The summed E-state index contributed by atoms with van der Waals surface area (Å²) in [6.45, 7) is 6.72. The van der Waals surface area contributed by atoms with E-state index in [1.165, 1.54) is 17.7 Å². The standard InChI is InChI=1S/C24H30FN3O.ClH/c1-17(2)13-18-5-7-21-22(9-12-28-23(21)14-18)27-11-4-10-26-16-19-15-20(25)6-8-24(19)29-3;/h5-9,12,14-15,17,26H,4,10-11,13,16H2,1-3H3,(H,27,28);1H. The van der Waals surface area contributed by atoms with Crippen molar-refractivity contribution in [3.8, 4) is 5.75 Å². The first-order valence-electron chi connectivity index (χ1n) is 10.2. The van der Waals surface area contributed by atoms with Crippen LogP contribution < -0.4 is 15.4 Å². The quantitative estimate of drug-likeness (QED) is 0.410. The van der Waals surface area contributed by atoms with Crippen LogP contribution in [0.4, 0.5) is 10.1 Å². The molecule has 0 bridgehead atoms. The van der Waals surface area contributed by atoms with Gasteiger partial charge in [0.05, 0.1) is 12.6 Å². The molecule has 6 heteroatoms. The van der Waals surface area contributed by atoms with Crippen LogP contribution in [0.25, 0.3) is 10.9 Å². The van der Waals surface area contributed by atoms with Gasteiger partial charge in [-0.25, -0.2) is 4.39 Å². The van der Waals surface area contributed by atoms with E-state index in [2.05, 4.69) is 47.7 Å².